The molecular formula is C14H20F3NO. The molecule has 2 nitrogen and oxygen atoms in total. The number of halogens is 3. The number of hydrogen-bond donors (Lipinski definition) is 0. The molecule has 0 spiro atoms. The molecule has 5 heteroatoms. The average Bonchev–Trinajstić information content (AvgIpc) is 2.23. The van der Waals surface area contributed by atoms with Gasteiger partial charge in [-0.1, -0.05) is 34.6 Å². The number of hydrogen-bond acceptors (Lipinski definition) is 2. The first-order valence-electron chi connectivity index (χ1n) is 6.21. The lowest BCUT2D eigenvalue weighted by atomic mass is 9.99. The first-order chi connectivity index (χ1) is 8.49. The van der Waals surface area contributed by atoms with Crippen LogP contribution in [-0.2, 0) is 6.18 Å². The van der Waals surface area contributed by atoms with Crippen LogP contribution < -0.4 is 4.74 Å². The third kappa shape index (κ3) is 5.09. The second-order valence-corrected chi connectivity index (χ2v) is 6.13. The fourth-order valence-electron chi connectivity index (χ4n) is 1.37. The molecule has 0 saturated carbocycles. The monoisotopic (exact) mass is 275 g/mol. The Morgan fingerprint density at radius 2 is 1.74 bits per heavy atom. The summed E-state index contributed by atoms with van der Waals surface area (Å²) < 4.78 is 43.7. The Bertz CT molecular complexity index is 433. The van der Waals surface area contributed by atoms with Crippen LogP contribution in [0.2, 0.25) is 0 Å². The van der Waals surface area contributed by atoms with Crippen LogP contribution in [-0.4, -0.2) is 11.6 Å². The highest BCUT2D eigenvalue weighted by Gasteiger charge is 2.33. The predicted molar refractivity (Wildman–Crippen MR) is 68.3 cm³/mol. The van der Waals surface area contributed by atoms with Crippen molar-refractivity contribution >= 4 is 0 Å². The van der Waals surface area contributed by atoms with Crippen LogP contribution in [0.25, 0.3) is 0 Å². The van der Waals surface area contributed by atoms with E-state index < -0.39 is 11.9 Å². The van der Waals surface area contributed by atoms with Gasteiger partial charge >= 0.3 is 6.18 Å². The minimum atomic E-state index is -4.45. The zero-order valence-electron chi connectivity index (χ0n) is 11.9. The summed E-state index contributed by atoms with van der Waals surface area (Å²) in [6, 6.07) is 2.65. The van der Waals surface area contributed by atoms with Gasteiger partial charge in [0.2, 0.25) is 5.88 Å². The Kier molecular flexibility index (Phi) is 4.48. The molecule has 0 saturated heterocycles. The van der Waals surface area contributed by atoms with E-state index in [2.05, 4.69) is 4.98 Å². The maximum absolute atomic E-state index is 12.8. The Hall–Kier alpha value is -1.26. The number of alkyl halides is 3. The summed E-state index contributed by atoms with van der Waals surface area (Å²) in [5.74, 6) is 0.0227. The number of aromatic nitrogens is 1. The maximum atomic E-state index is 12.8. The summed E-state index contributed by atoms with van der Waals surface area (Å²) in [7, 11) is 0. The molecule has 0 aliphatic rings. The first-order valence-corrected chi connectivity index (χ1v) is 6.21. The Morgan fingerprint density at radius 3 is 2.16 bits per heavy atom. The van der Waals surface area contributed by atoms with Gasteiger partial charge in [-0.3, -0.25) is 0 Å². The molecule has 0 atom stereocenters. The van der Waals surface area contributed by atoms with Gasteiger partial charge in [0.15, 0.2) is 0 Å². The zero-order chi connectivity index (χ0) is 14.8. The molecular weight excluding hydrogens is 255 g/mol. The molecule has 0 fully saturated rings. The Balaban J connectivity index is 3.07. The molecule has 0 aromatic carbocycles. The van der Waals surface area contributed by atoms with E-state index in [9.17, 15) is 13.2 Å². The summed E-state index contributed by atoms with van der Waals surface area (Å²) in [6.45, 7) is 9.84. The van der Waals surface area contributed by atoms with Crippen LogP contribution in [0.15, 0.2) is 12.1 Å². The molecule has 19 heavy (non-hydrogen) atoms. The van der Waals surface area contributed by atoms with E-state index in [-0.39, 0.29) is 17.2 Å². The highest BCUT2D eigenvalue weighted by molar-refractivity contribution is 5.28. The first kappa shape index (κ1) is 15.8. The van der Waals surface area contributed by atoms with Crippen molar-refractivity contribution in [3.8, 4) is 5.88 Å². The third-order valence-corrected chi connectivity index (χ3v) is 2.43. The van der Waals surface area contributed by atoms with Crippen molar-refractivity contribution in [2.24, 2.45) is 5.41 Å². The van der Waals surface area contributed by atoms with Crippen molar-refractivity contribution < 1.29 is 17.9 Å². The maximum Gasteiger partial charge on any atom is 0.433 e. The number of pyridine rings is 1. The molecule has 0 radical (unpaired) electrons. The molecule has 1 rings (SSSR count). The van der Waals surface area contributed by atoms with Gasteiger partial charge in [0.1, 0.15) is 5.69 Å². The van der Waals surface area contributed by atoms with Gasteiger partial charge in [-0.25, -0.2) is 4.98 Å². The number of rotatable bonds is 3. The van der Waals surface area contributed by atoms with Crippen molar-refractivity contribution in [3.05, 3.63) is 23.4 Å². The molecule has 108 valence electrons. The Morgan fingerprint density at radius 1 is 1.16 bits per heavy atom. The summed E-state index contributed by atoms with van der Waals surface area (Å²) in [5.41, 5.74) is -0.456. The van der Waals surface area contributed by atoms with E-state index in [4.69, 9.17) is 4.74 Å². The SMILES string of the molecule is CC(C)c1cc(OCC(C)(C)C)nc(C(F)(F)F)c1. The average molecular weight is 275 g/mol. The van der Waals surface area contributed by atoms with E-state index in [1.165, 1.54) is 0 Å². The molecule has 0 unspecified atom stereocenters. The molecule has 1 aromatic rings. The Labute approximate surface area is 112 Å². The highest BCUT2D eigenvalue weighted by Crippen LogP contribution is 2.32. The van der Waals surface area contributed by atoms with Crippen LogP contribution in [0.5, 0.6) is 5.88 Å². The smallest absolute Gasteiger partial charge is 0.433 e. The van der Waals surface area contributed by atoms with Gasteiger partial charge in [-0.2, -0.15) is 13.2 Å². The molecule has 0 N–H and O–H groups in total. The van der Waals surface area contributed by atoms with Crippen molar-refractivity contribution in [1.29, 1.82) is 0 Å². The van der Waals surface area contributed by atoms with Crippen LogP contribution in [0.4, 0.5) is 13.2 Å². The second-order valence-electron chi connectivity index (χ2n) is 6.13. The third-order valence-electron chi connectivity index (χ3n) is 2.43. The van der Waals surface area contributed by atoms with E-state index in [0.717, 1.165) is 6.07 Å². The minimum Gasteiger partial charge on any atom is -0.477 e. The van der Waals surface area contributed by atoms with E-state index in [0.29, 0.717) is 12.2 Å². The van der Waals surface area contributed by atoms with Crippen LogP contribution in [0.1, 0.15) is 51.8 Å². The largest absolute Gasteiger partial charge is 0.477 e. The van der Waals surface area contributed by atoms with E-state index in [1.807, 2.05) is 34.6 Å². The van der Waals surface area contributed by atoms with Gasteiger partial charge in [-0.05, 0) is 23.0 Å². The van der Waals surface area contributed by atoms with Crippen molar-refractivity contribution in [1.82, 2.24) is 4.98 Å². The minimum absolute atomic E-state index is 0.0129. The van der Waals surface area contributed by atoms with Gasteiger partial charge in [0.05, 0.1) is 6.61 Å². The fourth-order valence-corrected chi connectivity index (χ4v) is 1.37. The molecule has 0 bridgehead atoms. The lowest BCUT2D eigenvalue weighted by Gasteiger charge is -2.19. The van der Waals surface area contributed by atoms with Crippen LogP contribution in [0, 0.1) is 5.41 Å². The highest BCUT2D eigenvalue weighted by atomic mass is 19.4. The summed E-state index contributed by atoms with van der Waals surface area (Å²) in [5, 5.41) is 0. The number of ether oxygens (including phenoxy) is 1. The lowest BCUT2D eigenvalue weighted by molar-refractivity contribution is -0.141. The van der Waals surface area contributed by atoms with E-state index in [1.54, 1.807) is 6.07 Å². The van der Waals surface area contributed by atoms with E-state index >= 15 is 0 Å². The molecule has 1 heterocycles. The van der Waals surface area contributed by atoms with Gasteiger partial charge in [0.25, 0.3) is 0 Å². The van der Waals surface area contributed by atoms with Gasteiger partial charge < -0.3 is 4.74 Å². The quantitative estimate of drug-likeness (QED) is 0.801. The summed E-state index contributed by atoms with van der Waals surface area (Å²) in [4.78, 5) is 3.54. The van der Waals surface area contributed by atoms with Crippen molar-refractivity contribution in [2.75, 3.05) is 6.61 Å². The molecule has 1 aromatic heterocycles. The standard InChI is InChI=1S/C14H20F3NO/c1-9(2)10-6-11(14(15,16)17)18-12(7-10)19-8-13(3,4)5/h6-7,9H,8H2,1-5H3. The molecule has 0 aliphatic heterocycles. The van der Waals surface area contributed by atoms with Crippen molar-refractivity contribution in [3.63, 3.8) is 0 Å². The fraction of sp³-hybridized carbons (Fsp3) is 0.643. The van der Waals surface area contributed by atoms with Crippen LogP contribution >= 0.6 is 0 Å². The van der Waals surface area contributed by atoms with Gasteiger partial charge in [-0.15, -0.1) is 0 Å². The predicted octanol–water partition coefficient (Wildman–Crippen LogP) is 4.65. The lowest BCUT2D eigenvalue weighted by Crippen LogP contribution is -2.18. The van der Waals surface area contributed by atoms with Crippen LogP contribution in [0.3, 0.4) is 0 Å². The normalized spacial score (nSPS) is 12.9. The molecule has 0 aliphatic carbocycles. The topological polar surface area (TPSA) is 22.1 Å². The summed E-state index contributed by atoms with van der Waals surface area (Å²) >= 11 is 0. The van der Waals surface area contributed by atoms with Crippen molar-refractivity contribution in [2.45, 2.75) is 46.7 Å². The second kappa shape index (κ2) is 5.39. The zero-order valence-corrected chi connectivity index (χ0v) is 11.9. The number of nitrogens with zero attached hydrogens (tertiary/aromatic N) is 1. The van der Waals surface area contributed by atoms with Gasteiger partial charge in [0, 0.05) is 6.07 Å². The summed E-state index contributed by atoms with van der Waals surface area (Å²) in [6.07, 6.45) is -4.45. The molecule has 0 amide bonds.